The number of benzene rings is 4. The van der Waals surface area contributed by atoms with Crippen LogP contribution in [0, 0.1) is 0 Å². The van der Waals surface area contributed by atoms with Crippen molar-refractivity contribution in [1.82, 2.24) is 4.90 Å². The first-order chi connectivity index (χ1) is 18.5. The SMILES string of the molecule is COC(=O)CN(c1ccc2c(C(=O)N(C)Cc3ccc(N)cc3)cccc2c1)S(=O)(=O)c1cc(Cl)cc(Cl)c1. The maximum atomic E-state index is 13.6. The molecule has 39 heavy (non-hydrogen) atoms. The van der Waals surface area contributed by atoms with Crippen LogP contribution in [0.1, 0.15) is 15.9 Å². The van der Waals surface area contributed by atoms with E-state index in [9.17, 15) is 18.0 Å². The summed E-state index contributed by atoms with van der Waals surface area (Å²) in [6, 6.07) is 21.1. The van der Waals surface area contributed by atoms with Gasteiger partial charge in [0.1, 0.15) is 6.54 Å². The number of nitrogens with zero attached hydrogens (tertiary/aromatic N) is 2. The van der Waals surface area contributed by atoms with E-state index in [-0.39, 0.29) is 26.5 Å². The number of rotatable bonds is 8. The minimum absolute atomic E-state index is 0.129. The highest BCUT2D eigenvalue weighted by Gasteiger charge is 2.29. The second kappa shape index (κ2) is 11.5. The number of sulfonamides is 1. The van der Waals surface area contributed by atoms with E-state index in [0.717, 1.165) is 9.87 Å². The van der Waals surface area contributed by atoms with E-state index < -0.39 is 22.5 Å². The van der Waals surface area contributed by atoms with Gasteiger partial charge in [0.2, 0.25) is 0 Å². The van der Waals surface area contributed by atoms with Crippen molar-refractivity contribution < 1.29 is 22.7 Å². The van der Waals surface area contributed by atoms with Crippen molar-refractivity contribution in [3.63, 3.8) is 0 Å². The first kappa shape index (κ1) is 28.2. The number of hydrogen-bond donors (Lipinski definition) is 1. The van der Waals surface area contributed by atoms with Gasteiger partial charge in [0.05, 0.1) is 17.7 Å². The first-order valence-corrected chi connectivity index (χ1v) is 13.9. The first-order valence-electron chi connectivity index (χ1n) is 11.7. The molecule has 202 valence electrons. The van der Waals surface area contributed by atoms with Gasteiger partial charge in [-0.2, -0.15) is 0 Å². The van der Waals surface area contributed by atoms with Gasteiger partial charge in [0.15, 0.2) is 0 Å². The Morgan fingerprint density at radius 3 is 2.23 bits per heavy atom. The Balaban J connectivity index is 1.72. The Labute approximate surface area is 236 Å². The number of hydrogen-bond acceptors (Lipinski definition) is 6. The second-order valence-electron chi connectivity index (χ2n) is 8.81. The van der Waals surface area contributed by atoms with Crippen LogP contribution in [0.25, 0.3) is 10.8 Å². The van der Waals surface area contributed by atoms with Gasteiger partial charge in [-0.05, 0) is 64.9 Å². The molecular formula is C28H25Cl2N3O5S. The van der Waals surface area contributed by atoms with Crippen LogP contribution < -0.4 is 10.0 Å². The maximum absolute atomic E-state index is 13.6. The highest BCUT2D eigenvalue weighted by atomic mass is 35.5. The van der Waals surface area contributed by atoms with Gasteiger partial charge in [-0.3, -0.25) is 13.9 Å². The number of methoxy groups -OCH3 is 1. The van der Waals surface area contributed by atoms with Crippen molar-refractivity contribution in [1.29, 1.82) is 0 Å². The highest BCUT2D eigenvalue weighted by molar-refractivity contribution is 7.92. The number of nitrogen functional groups attached to an aromatic ring is 1. The second-order valence-corrected chi connectivity index (χ2v) is 11.5. The highest BCUT2D eigenvalue weighted by Crippen LogP contribution is 2.31. The molecule has 1 amide bonds. The third-order valence-electron chi connectivity index (χ3n) is 6.05. The molecule has 4 aromatic carbocycles. The number of carbonyl (C=O) groups is 2. The number of anilines is 2. The van der Waals surface area contributed by atoms with E-state index >= 15 is 0 Å². The third kappa shape index (κ3) is 6.27. The normalized spacial score (nSPS) is 11.3. The van der Waals surface area contributed by atoms with Crippen molar-refractivity contribution in [2.45, 2.75) is 11.4 Å². The van der Waals surface area contributed by atoms with E-state index in [1.807, 2.05) is 12.1 Å². The van der Waals surface area contributed by atoms with Crippen molar-refractivity contribution in [2.75, 3.05) is 30.7 Å². The molecule has 4 rings (SSSR count). The van der Waals surface area contributed by atoms with Crippen LogP contribution in [0.4, 0.5) is 11.4 Å². The summed E-state index contributed by atoms with van der Waals surface area (Å²) in [6.45, 7) is -0.210. The lowest BCUT2D eigenvalue weighted by atomic mass is 10.0. The van der Waals surface area contributed by atoms with Crippen LogP contribution in [0.15, 0.2) is 83.8 Å². The van der Waals surface area contributed by atoms with Crippen molar-refractivity contribution in [2.24, 2.45) is 0 Å². The molecule has 0 saturated carbocycles. The number of fused-ring (bicyclic) bond motifs is 1. The topological polar surface area (TPSA) is 110 Å². The van der Waals surface area contributed by atoms with Gasteiger partial charge in [0, 0.05) is 34.9 Å². The lowest BCUT2D eigenvalue weighted by Crippen LogP contribution is -2.36. The lowest BCUT2D eigenvalue weighted by molar-refractivity contribution is -0.138. The zero-order valence-electron chi connectivity index (χ0n) is 21.1. The summed E-state index contributed by atoms with van der Waals surface area (Å²) in [4.78, 5) is 27.0. The van der Waals surface area contributed by atoms with Gasteiger partial charge in [-0.25, -0.2) is 8.42 Å². The molecule has 8 nitrogen and oxygen atoms in total. The van der Waals surface area contributed by atoms with Crippen molar-refractivity contribution in [3.05, 3.63) is 100 Å². The molecule has 0 heterocycles. The molecule has 0 atom stereocenters. The minimum Gasteiger partial charge on any atom is -0.468 e. The molecule has 11 heteroatoms. The Morgan fingerprint density at radius 1 is 0.923 bits per heavy atom. The van der Waals surface area contributed by atoms with E-state index in [1.54, 1.807) is 54.4 Å². The average Bonchev–Trinajstić information content (AvgIpc) is 2.91. The Bertz CT molecular complexity index is 1640. The number of nitrogens with two attached hydrogens (primary N) is 1. The quantitative estimate of drug-likeness (QED) is 0.220. The maximum Gasteiger partial charge on any atom is 0.326 e. The molecular weight excluding hydrogens is 561 g/mol. The summed E-state index contributed by atoms with van der Waals surface area (Å²) in [7, 11) is -1.40. The number of ether oxygens (including phenoxy) is 1. The smallest absolute Gasteiger partial charge is 0.326 e. The lowest BCUT2D eigenvalue weighted by Gasteiger charge is -2.24. The Kier molecular flexibility index (Phi) is 8.34. The summed E-state index contributed by atoms with van der Waals surface area (Å²) < 4.78 is 32.9. The van der Waals surface area contributed by atoms with Gasteiger partial charge in [-0.1, -0.05) is 53.5 Å². The number of esters is 1. The molecule has 0 fully saturated rings. The Morgan fingerprint density at radius 2 is 1.59 bits per heavy atom. The zero-order valence-corrected chi connectivity index (χ0v) is 23.4. The van der Waals surface area contributed by atoms with Gasteiger partial charge >= 0.3 is 5.97 Å². The molecule has 0 aliphatic carbocycles. The summed E-state index contributed by atoms with van der Waals surface area (Å²) in [6.07, 6.45) is 0. The summed E-state index contributed by atoms with van der Waals surface area (Å²) >= 11 is 12.1. The molecule has 0 aromatic heterocycles. The van der Waals surface area contributed by atoms with Crippen LogP contribution >= 0.6 is 23.2 Å². The van der Waals surface area contributed by atoms with E-state index in [1.165, 1.54) is 31.4 Å². The molecule has 0 aliphatic rings. The van der Waals surface area contributed by atoms with E-state index in [2.05, 4.69) is 0 Å². The fraction of sp³-hybridized carbons (Fsp3) is 0.143. The van der Waals surface area contributed by atoms with E-state index in [0.29, 0.717) is 28.6 Å². The van der Waals surface area contributed by atoms with Crippen LogP contribution in [0.5, 0.6) is 0 Å². The monoisotopic (exact) mass is 585 g/mol. The van der Waals surface area contributed by atoms with Crippen molar-refractivity contribution in [3.8, 4) is 0 Å². The van der Waals surface area contributed by atoms with E-state index in [4.69, 9.17) is 33.7 Å². The molecule has 4 aromatic rings. The summed E-state index contributed by atoms with van der Waals surface area (Å²) in [5.41, 5.74) is 7.96. The fourth-order valence-corrected chi connectivity index (χ4v) is 6.22. The van der Waals surface area contributed by atoms with Crippen LogP contribution in [-0.4, -0.2) is 45.9 Å². The van der Waals surface area contributed by atoms with Crippen LogP contribution in [0.3, 0.4) is 0 Å². The standard InChI is InChI=1S/C28H25Cl2N3O5S/c1-32(16-18-6-8-22(31)9-7-18)28(35)26-5-3-4-19-12-23(10-11-25(19)26)33(17-27(34)38-2)39(36,37)24-14-20(29)13-21(30)15-24/h3-15H,16-17,31H2,1-2H3. The number of amides is 1. The molecule has 0 radical (unpaired) electrons. The van der Waals surface area contributed by atoms with Gasteiger partial charge in [-0.15, -0.1) is 0 Å². The summed E-state index contributed by atoms with van der Waals surface area (Å²) in [5.74, 6) is -0.974. The molecule has 2 N–H and O–H groups in total. The molecule has 0 aliphatic heterocycles. The van der Waals surface area contributed by atoms with Crippen LogP contribution in [0.2, 0.25) is 10.0 Å². The molecule has 0 saturated heterocycles. The molecule has 0 spiro atoms. The number of carbonyl (C=O) groups excluding carboxylic acids is 2. The predicted octanol–water partition coefficient (Wildman–Crippen LogP) is 5.37. The average molecular weight is 586 g/mol. The van der Waals surface area contributed by atoms with Gasteiger partial charge in [0.25, 0.3) is 15.9 Å². The fourth-order valence-electron chi connectivity index (χ4n) is 4.09. The van der Waals surface area contributed by atoms with Crippen LogP contribution in [-0.2, 0) is 26.1 Å². The van der Waals surface area contributed by atoms with Crippen molar-refractivity contribution >= 4 is 67.2 Å². The Hall–Kier alpha value is -3.79. The molecule has 0 unspecified atom stereocenters. The minimum atomic E-state index is -4.27. The zero-order chi connectivity index (χ0) is 28.3. The molecule has 0 bridgehead atoms. The largest absolute Gasteiger partial charge is 0.468 e. The van der Waals surface area contributed by atoms with Gasteiger partial charge < -0.3 is 15.4 Å². The predicted molar refractivity (Wildman–Crippen MR) is 154 cm³/mol. The third-order valence-corrected chi connectivity index (χ3v) is 8.24. The summed E-state index contributed by atoms with van der Waals surface area (Å²) in [5, 5.41) is 1.48. The number of halogens is 2.